The molecule has 1 aromatic rings. The van der Waals surface area contributed by atoms with E-state index < -0.39 is 0 Å². The maximum atomic E-state index is 12.0. The molecule has 0 radical (unpaired) electrons. The number of carbonyl (C=O) groups excluding carboxylic acids is 2. The first-order chi connectivity index (χ1) is 12.1. The van der Waals surface area contributed by atoms with E-state index in [4.69, 9.17) is 0 Å². The minimum absolute atomic E-state index is 0. The molecule has 0 spiro atoms. The van der Waals surface area contributed by atoms with Gasteiger partial charge >= 0.3 is 0 Å². The Bertz CT molecular complexity index is 601. The molecule has 1 fully saturated rings. The van der Waals surface area contributed by atoms with E-state index in [0.717, 1.165) is 31.2 Å². The third kappa shape index (κ3) is 7.19. The van der Waals surface area contributed by atoms with Crippen molar-refractivity contribution < 1.29 is 9.59 Å². The molecule has 144 valence electrons. The number of amides is 2. The minimum atomic E-state index is -0.110. The van der Waals surface area contributed by atoms with Crippen LogP contribution in [-0.2, 0) is 16.1 Å². The van der Waals surface area contributed by atoms with E-state index in [-0.39, 0.29) is 42.3 Å². The van der Waals surface area contributed by atoms with Gasteiger partial charge in [-0.25, -0.2) is 4.99 Å². The number of carbonyl (C=O) groups is 2. The minimum Gasteiger partial charge on any atom is -0.357 e. The molecule has 2 rings (SSSR count). The zero-order valence-corrected chi connectivity index (χ0v) is 17.7. The Labute approximate surface area is 172 Å². The van der Waals surface area contributed by atoms with Crippen LogP contribution in [0.15, 0.2) is 35.3 Å². The van der Waals surface area contributed by atoms with Gasteiger partial charge in [0.2, 0.25) is 11.8 Å². The summed E-state index contributed by atoms with van der Waals surface area (Å²) in [6.45, 7) is 7.71. The third-order valence-electron chi connectivity index (χ3n) is 4.06. The van der Waals surface area contributed by atoms with Crippen LogP contribution in [0.3, 0.4) is 0 Å². The van der Waals surface area contributed by atoms with E-state index in [1.54, 1.807) is 6.92 Å². The number of halogens is 1. The lowest BCUT2D eigenvalue weighted by atomic mass is 10.2. The van der Waals surface area contributed by atoms with Gasteiger partial charge in [0.15, 0.2) is 5.96 Å². The highest BCUT2D eigenvalue weighted by molar-refractivity contribution is 14.0. The highest BCUT2D eigenvalue weighted by atomic mass is 127. The smallest absolute Gasteiger partial charge is 0.242 e. The number of nitrogens with one attached hydrogen (secondary N) is 2. The lowest BCUT2D eigenvalue weighted by Crippen LogP contribution is -2.53. The predicted molar refractivity (Wildman–Crippen MR) is 114 cm³/mol. The first kappa shape index (κ1) is 22.2. The molecule has 26 heavy (non-hydrogen) atoms. The predicted octanol–water partition coefficient (Wildman–Crippen LogP) is 1.05. The van der Waals surface area contributed by atoms with E-state index in [9.17, 15) is 9.59 Å². The molecule has 0 aromatic heterocycles. The Balaban J connectivity index is 0.00000338. The summed E-state index contributed by atoms with van der Waals surface area (Å²) in [6, 6.07) is 9.79. The Morgan fingerprint density at radius 1 is 1.04 bits per heavy atom. The molecular weight excluding hydrogens is 445 g/mol. The molecule has 0 bridgehead atoms. The molecule has 1 aromatic carbocycles. The van der Waals surface area contributed by atoms with Crippen molar-refractivity contribution in [1.29, 1.82) is 0 Å². The zero-order chi connectivity index (χ0) is 18.1. The molecule has 1 saturated heterocycles. The van der Waals surface area contributed by atoms with Crippen molar-refractivity contribution >= 4 is 41.8 Å². The number of rotatable bonds is 5. The summed E-state index contributed by atoms with van der Waals surface area (Å²) in [7, 11) is 0. The van der Waals surface area contributed by atoms with Gasteiger partial charge in [0.1, 0.15) is 6.54 Å². The molecule has 0 atom stereocenters. The molecule has 2 amide bonds. The lowest BCUT2D eigenvalue weighted by Gasteiger charge is -2.36. The average molecular weight is 473 g/mol. The van der Waals surface area contributed by atoms with Crippen molar-refractivity contribution in [3.63, 3.8) is 0 Å². The van der Waals surface area contributed by atoms with Gasteiger partial charge < -0.3 is 20.4 Å². The number of benzene rings is 1. The van der Waals surface area contributed by atoms with Crippen LogP contribution in [0.25, 0.3) is 0 Å². The summed E-state index contributed by atoms with van der Waals surface area (Å²) in [4.78, 5) is 31.8. The number of piperazine rings is 1. The molecule has 1 aliphatic rings. The molecule has 1 heterocycles. The summed E-state index contributed by atoms with van der Waals surface area (Å²) in [5.41, 5.74) is 1.06. The van der Waals surface area contributed by atoms with Crippen molar-refractivity contribution in [2.75, 3.05) is 39.3 Å². The number of guanidine groups is 1. The van der Waals surface area contributed by atoms with Crippen molar-refractivity contribution in [3.05, 3.63) is 35.9 Å². The van der Waals surface area contributed by atoms with Gasteiger partial charge in [-0.3, -0.25) is 9.59 Å². The van der Waals surface area contributed by atoms with Crippen LogP contribution in [0, 0.1) is 0 Å². The van der Waals surface area contributed by atoms with E-state index >= 15 is 0 Å². The fraction of sp³-hybridized carbons (Fsp3) is 0.500. The van der Waals surface area contributed by atoms with Crippen LogP contribution in [0.2, 0.25) is 0 Å². The van der Waals surface area contributed by atoms with Crippen molar-refractivity contribution in [2.24, 2.45) is 4.99 Å². The summed E-state index contributed by atoms with van der Waals surface area (Å²) in [6.07, 6.45) is 0. The fourth-order valence-electron chi connectivity index (χ4n) is 2.66. The van der Waals surface area contributed by atoms with Crippen LogP contribution in [-0.4, -0.2) is 66.8 Å². The number of hydrogen-bond donors (Lipinski definition) is 2. The maximum Gasteiger partial charge on any atom is 0.242 e. The van der Waals surface area contributed by atoms with Crippen LogP contribution >= 0.6 is 24.0 Å². The second-order valence-corrected chi connectivity index (χ2v) is 5.93. The van der Waals surface area contributed by atoms with E-state index in [0.29, 0.717) is 19.6 Å². The monoisotopic (exact) mass is 473 g/mol. The van der Waals surface area contributed by atoms with E-state index in [1.165, 1.54) is 0 Å². The molecular formula is C18H28IN5O2. The topological polar surface area (TPSA) is 77.0 Å². The lowest BCUT2D eigenvalue weighted by molar-refractivity contribution is -0.130. The maximum absolute atomic E-state index is 12.0. The summed E-state index contributed by atoms with van der Waals surface area (Å²) < 4.78 is 0. The van der Waals surface area contributed by atoms with Gasteiger partial charge in [0.05, 0.1) is 0 Å². The Hall–Kier alpha value is -1.84. The first-order valence-corrected chi connectivity index (χ1v) is 8.69. The van der Waals surface area contributed by atoms with Gasteiger partial charge in [-0.15, -0.1) is 24.0 Å². The van der Waals surface area contributed by atoms with Crippen LogP contribution in [0.4, 0.5) is 0 Å². The standard InChI is InChI=1S/C18H27N5O2.HI/c1-3-19-18(23-11-9-22(10-12-23)15(2)24)21-14-17(25)20-13-16-7-5-4-6-8-16;/h4-8H,3,9-14H2,1-2H3,(H,19,21)(H,20,25);1H. The molecule has 2 N–H and O–H groups in total. The Morgan fingerprint density at radius 3 is 2.23 bits per heavy atom. The van der Waals surface area contributed by atoms with E-state index in [2.05, 4.69) is 20.5 Å². The summed E-state index contributed by atoms with van der Waals surface area (Å²) in [5.74, 6) is 0.712. The quantitative estimate of drug-likeness (QED) is 0.381. The average Bonchev–Trinajstić information content (AvgIpc) is 2.64. The fourth-order valence-corrected chi connectivity index (χ4v) is 2.66. The number of aliphatic imine (C=N–C) groups is 1. The van der Waals surface area contributed by atoms with Gasteiger partial charge in [-0.05, 0) is 12.5 Å². The van der Waals surface area contributed by atoms with Gasteiger partial charge in [0.25, 0.3) is 0 Å². The molecule has 0 aliphatic carbocycles. The molecule has 0 saturated carbocycles. The highest BCUT2D eigenvalue weighted by Gasteiger charge is 2.20. The molecule has 0 unspecified atom stereocenters. The molecule has 1 aliphatic heterocycles. The summed E-state index contributed by atoms with van der Waals surface area (Å²) in [5, 5.41) is 6.09. The van der Waals surface area contributed by atoms with Crippen LogP contribution < -0.4 is 10.6 Å². The highest BCUT2D eigenvalue weighted by Crippen LogP contribution is 2.03. The first-order valence-electron chi connectivity index (χ1n) is 8.69. The largest absolute Gasteiger partial charge is 0.357 e. The number of nitrogens with zero attached hydrogens (tertiary/aromatic N) is 3. The zero-order valence-electron chi connectivity index (χ0n) is 15.4. The van der Waals surface area contributed by atoms with Crippen LogP contribution in [0.5, 0.6) is 0 Å². The summed E-state index contributed by atoms with van der Waals surface area (Å²) >= 11 is 0. The third-order valence-corrected chi connectivity index (χ3v) is 4.06. The van der Waals surface area contributed by atoms with Gasteiger partial charge in [0, 0.05) is 46.2 Å². The Kier molecular flexibility index (Phi) is 10.0. The van der Waals surface area contributed by atoms with Crippen LogP contribution in [0.1, 0.15) is 19.4 Å². The van der Waals surface area contributed by atoms with Gasteiger partial charge in [-0.2, -0.15) is 0 Å². The second kappa shape index (κ2) is 11.7. The Morgan fingerprint density at radius 2 is 1.65 bits per heavy atom. The van der Waals surface area contributed by atoms with E-state index in [1.807, 2.05) is 42.2 Å². The molecule has 8 heteroatoms. The molecule has 7 nitrogen and oxygen atoms in total. The van der Waals surface area contributed by atoms with Crippen molar-refractivity contribution in [1.82, 2.24) is 20.4 Å². The SMILES string of the molecule is CCNC(=NCC(=O)NCc1ccccc1)N1CCN(C(C)=O)CC1.I. The normalized spacial score (nSPS) is 14.5. The van der Waals surface area contributed by atoms with Crippen molar-refractivity contribution in [2.45, 2.75) is 20.4 Å². The van der Waals surface area contributed by atoms with Crippen molar-refractivity contribution in [3.8, 4) is 0 Å². The second-order valence-electron chi connectivity index (χ2n) is 5.93. The number of hydrogen-bond acceptors (Lipinski definition) is 3. The van der Waals surface area contributed by atoms with Gasteiger partial charge in [-0.1, -0.05) is 30.3 Å².